The summed E-state index contributed by atoms with van der Waals surface area (Å²) in [7, 11) is 0. The van der Waals surface area contributed by atoms with Crippen LogP contribution in [0.15, 0.2) is 36.4 Å². The van der Waals surface area contributed by atoms with Gasteiger partial charge in [0.2, 0.25) is 0 Å². The summed E-state index contributed by atoms with van der Waals surface area (Å²) in [5, 5.41) is 13.2. The molecule has 0 saturated carbocycles. The lowest BCUT2D eigenvalue weighted by Gasteiger charge is -2.09. The Hall–Kier alpha value is -1.69. The number of rotatable bonds is 2. The summed E-state index contributed by atoms with van der Waals surface area (Å²) in [6.07, 6.45) is 0. The molecule has 0 heterocycles. The van der Waals surface area contributed by atoms with E-state index in [-0.39, 0.29) is 0 Å². The molecule has 0 radical (unpaired) electrons. The van der Waals surface area contributed by atoms with Crippen LogP contribution in [-0.4, -0.2) is 0 Å². The molecule has 0 aliphatic carbocycles. The summed E-state index contributed by atoms with van der Waals surface area (Å²) in [5.41, 5.74) is 3.26. The molecule has 90 valence electrons. The number of hydrogen-bond acceptors (Lipinski definition) is 2. The summed E-state index contributed by atoms with van der Waals surface area (Å²) in [4.78, 5) is 0. The van der Waals surface area contributed by atoms with Crippen molar-refractivity contribution in [2.24, 2.45) is 0 Å². The second-order valence-corrected chi connectivity index (χ2v) is 4.73. The first kappa shape index (κ1) is 12.8. The Labute approximate surface area is 116 Å². The maximum absolute atomic E-state index is 8.87. The highest BCUT2D eigenvalue weighted by molar-refractivity contribution is 6.36. The van der Waals surface area contributed by atoms with Crippen molar-refractivity contribution in [3.8, 4) is 6.07 Å². The highest BCUT2D eigenvalue weighted by Gasteiger charge is 2.03. The normalized spacial score (nSPS) is 9.89. The molecule has 0 bridgehead atoms. The van der Waals surface area contributed by atoms with Crippen LogP contribution in [0.25, 0.3) is 0 Å². The van der Waals surface area contributed by atoms with E-state index < -0.39 is 0 Å². The predicted octanol–water partition coefficient (Wildman–Crippen LogP) is 4.92. The van der Waals surface area contributed by atoms with Gasteiger partial charge in [0.25, 0.3) is 0 Å². The molecule has 2 nitrogen and oxygen atoms in total. The lowest BCUT2D eigenvalue weighted by Crippen LogP contribution is -1.93. The first-order chi connectivity index (χ1) is 8.60. The van der Waals surface area contributed by atoms with Crippen molar-refractivity contribution in [1.82, 2.24) is 0 Å². The average molecular weight is 277 g/mol. The van der Waals surface area contributed by atoms with E-state index in [0.717, 1.165) is 16.9 Å². The molecular formula is C14H10Cl2N2. The van der Waals surface area contributed by atoms with Crippen molar-refractivity contribution < 1.29 is 0 Å². The number of halogens is 2. The lowest BCUT2D eigenvalue weighted by atomic mass is 10.1. The summed E-state index contributed by atoms with van der Waals surface area (Å²) in [6, 6.07) is 12.9. The van der Waals surface area contributed by atoms with Crippen LogP contribution in [0.3, 0.4) is 0 Å². The number of anilines is 2. The largest absolute Gasteiger partial charge is 0.354 e. The molecule has 0 amide bonds. The first-order valence-electron chi connectivity index (χ1n) is 5.33. The lowest BCUT2D eigenvalue weighted by molar-refractivity contribution is 1.39. The van der Waals surface area contributed by atoms with Crippen molar-refractivity contribution in [2.75, 3.05) is 5.32 Å². The fraction of sp³-hybridized carbons (Fsp3) is 0.0714. The van der Waals surface area contributed by atoms with Crippen molar-refractivity contribution in [3.05, 3.63) is 57.6 Å². The van der Waals surface area contributed by atoms with Crippen LogP contribution < -0.4 is 5.32 Å². The van der Waals surface area contributed by atoms with Gasteiger partial charge in [-0.2, -0.15) is 5.26 Å². The Balaban J connectivity index is 2.29. The molecule has 2 aromatic rings. The second-order valence-electron chi connectivity index (χ2n) is 3.89. The monoisotopic (exact) mass is 276 g/mol. The van der Waals surface area contributed by atoms with Gasteiger partial charge >= 0.3 is 0 Å². The Morgan fingerprint density at radius 2 is 1.89 bits per heavy atom. The number of benzene rings is 2. The summed E-state index contributed by atoms with van der Waals surface area (Å²) in [5.74, 6) is 0. The predicted molar refractivity (Wildman–Crippen MR) is 75.6 cm³/mol. The summed E-state index contributed by atoms with van der Waals surface area (Å²) in [6.45, 7) is 1.90. The van der Waals surface area contributed by atoms with Gasteiger partial charge in [-0.3, -0.25) is 0 Å². The van der Waals surface area contributed by atoms with Crippen LogP contribution in [0, 0.1) is 18.3 Å². The molecular weight excluding hydrogens is 267 g/mol. The standard InChI is InChI=1S/C14H10Cl2N2/c1-9-6-12(4-2-10(9)8-17)18-14-5-3-11(15)7-13(14)16/h2-7,18H,1H3. The minimum atomic E-state index is 0.560. The minimum absolute atomic E-state index is 0.560. The van der Waals surface area contributed by atoms with Crippen LogP contribution in [0.2, 0.25) is 10.0 Å². The van der Waals surface area contributed by atoms with Crippen LogP contribution in [0.1, 0.15) is 11.1 Å². The van der Waals surface area contributed by atoms with Crippen LogP contribution >= 0.6 is 23.2 Å². The van der Waals surface area contributed by atoms with E-state index in [4.69, 9.17) is 28.5 Å². The van der Waals surface area contributed by atoms with Gasteiger partial charge in [0.05, 0.1) is 22.3 Å². The van der Waals surface area contributed by atoms with Crippen molar-refractivity contribution in [2.45, 2.75) is 6.92 Å². The van der Waals surface area contributed by atoms with E-state index in [1.807, 2.05) is 25.1 Å². The number of aryl methyl sites for hydroxylation is 1. The number of hydrogen-bond donors (Lipinski definition) is 1. The van der Waals surface area contributed by atoms with Crippen LogP contribution in [0.4, 0.5) is 11.4 Å². The zero-order valence-corrected chi connectivity index (χ0v) is 11.2. The maximum Gasteiger partial charge on any atom is 0.0994 e. The fourth-order valence-electron chi connectivity index (χ4n) is 1.61. The molecule has 0 spiro atoms. The van der Waals surface area contributed by atoms with Gasteiger partial charge in [-0.15, -0.1) is 0 Å². The molecule has 0 saturated heterocycles. The molecule has 0 aromatic heterocycles. The fourth-order valence-corrected chi connectivity index (χ4v) is 2.07. The second kappa shape index (κ2) is 5.30. The number of nitriles is 1. The van der Waals surface area contributed by atoms with Gasteiger partial charge in [0.15, 0.2) is 0 Å². The molecule has 0 aliphatic heterocycles. The highest BCUT2D eigenvalue weighted by Crippen LogP contribution is 2.28. The van der Waals surface area contributed by atoms with E-state index in [0.29, 0.717) is 15.6 Å². The average Bonchev–Trinajstić information content (AvgIpc) is 2.33. The smallest absolute Gasteiger partial charge is 0.0994 e. The van der Waals surface area contributed by atoms with Crippen molar-refractivity contribution in [3.63, 3.8) is 0 Å². The Morgan fingerprint density at radius 3 is 2.50 bits per heavy atom. The molecule has 0 atom stereocenters. The van der Waals surface area contributed by atoms with Gasteiger partial charge in [-0.25, -0.2) is 0 Å². The van der Waals surface area contributed by atoms with Crippen LogP contribution in [-0.2, 0) is 0 Å². The summed E-state index contributed by atoms with van der Waals surface area (Å²) < 4.78 is 0. The quantitative estimate of drug-likeness (QED) is 0.845. The molecule has 18 heavy (non-hydrogen) atoms. The van der Waals surface area contributed by atoms with Gasteiger partial charge in [-0.05, 0) is 48.9 Å². The molecule has 2 rings (SSSR count). The summed E-state index contributed by atoms with van der Waals surface area (Å²) >= 11 is 11.9. The van der Waals surface area contributed by atoms with E-state index in [9.17, 15) is 0 Å². The molecule has 1 N–H and O–H groups in total. The Bertz CT molecular complexity index is 630. The maximum atomic E-state index is 8.87. The number of nitrogens with zero attached hydrogens (tertiary/aromatic N) is 1. The highest BCUT2D eigenvalue weighted by atomic mass is 35.5. The van der Waals surface area contributed by atoms with Gasteiger partial charge < -0.3 is 5.32 Å². The Kier molecular flexibility index (Phi) is 3.76. The third-order valence-corrected chi connectivity index (χ3v) is 3.10. The van der Waals surface area contributed by atoms with Crippen LogP contribution in [0.5, 0.6) is 0 Å². The third kappa shape index (κ3) is 2.76. The molecule has 0 fully saturated rings. The SMILES string of the molecule is Cc1cc(Nc2ccc(Cl)cc2Cl)ccc1C#N. The van der Waals surface area contributed by atoms with E-state index in [1.54, 1.807) is 18.2 Å². The third-order valence-electron chi connectivity index (χ3n) is 2.56. The molecule has 4 heteroatoms. The zero-order valence-electron chi connectivity index (χ0n) is 9.67. The van der Waals surface area contributed by atoms with Crippen molar-refractivity contribution in [1.29, 1.82) is 5.26 Å². The van der Waals surface area contributed by atoms with E-state index in [1.165, 1.54) is 0 Å². The molecule has 0 aliphatic rings. The Morgan fingerprint density at radius 1 is 1.11 bits per heavy atom. The first-order valence-corrected chi connectivity index (χ1v) is 6.08. The molecule has 0 unspecified atom stereocenters. The minimum Gasteiger partial charge on any atom is -0.354 e. The van der Waals surface area contributed by atoms with E-state index in [2.05, 4.69) is 11.4 Å². The zero-order chi connectivity index (χ0) is 13.1. The number of nitrogens with one attached hydrogen (secondary N) is 1. The van der Waals surface area contributed by atoms with Gasteiger partial charge in [-0.1, -0.05) is 23.2 Å². The topological polar surface area (TPSA) is 35.8 Å². The van der Waals surface area contributed by atoms with E-state index >= 15 is 0 Å². The molecule has 2 aromatic carbocycles. The van der Waals surface area contributed by atoms with Gasteiger partial charge in [0, 0.05) is 10.7 Å². The van der Waals surface area contributed by atoms with Gasteiger partial charge in [0.1, 0.15) is 0 Å². The van der Waals surface area contributed by atoms with Crippen molar-refractivity contribution >= 4 is 34.6 Å².